The lowest BCUT2D eigenvalue weighted by Gasteiger charge is -2.04. The zero-order chi connectivity index (χ0) is 11.3. The van der Waals surface area contributed by atoms with E-state index in [-0.39, 0.29) is 25.4 Å². The fourth-order valence-corrected chi connectivity index (χ4v) is 1.27. The van der Waals surface area contributed by atoms with E-state index in [1.54, 1.807) is 12.1 Å². The van der Waals surface area contributed by atoms with Crippen molar-refractivity contribution in [3.05, 3.63) is 35.1 Å². The normalized spacial score (nSPS) is 10.3. The van der Waals surface area contributed by atoms with Crippen molar-refractivity contribution in [3.63, 3.8) is 0 Å². The predicted octanol–water partition coefficient (Wildman–Crippen LogP) is 1.50. The first-order chi connectivity index (χ1) is 7.19. The molecule has 0 bridgehead atoms. The molecule has 82 valence electrons. The molecular weight excluding hydrogens is 197 g/mol. The molecule has 0 radical (unpaired) electrons. The van der Waals surface area contributed by atoms with Crippen LogP contribution in [0.5, 0.6) is 0 Å². The van der Waals surface area contributed by atoms with Gasteiger partial charge in [-0.25, -0.2) is 4.39 Å². The van der Waals surface area contributed by atoms with Crippen LogP contribution in [0, 0.1) is 5.82 Å². The van der Waals surface area contributed by atoms with Crippen LogP contribution >= 0.6 is 0 Å². The molecule has 0 amide bonds. The Kier molecular flexibility index (Phi) is 4.39. The second-order valence-electron chi connectivity index (χ2n) is 3.20. The van der Waals surface area contributed by atoms with Gasteiger partial charge in [-0.15, -0.1) is 0 Å². The van der Waals surface area contributed by atoms with Gasteiger partial charge >= 0.3 is 0 Å². The Balaban J connectivity index is 2.86. The molecule has 1 aromatic rings. The van der Waals surface area contributed by atoms with E-state index in [2.05, 4.69) is 0 Å². The van der Waals surface area contributed by atoms with Crippen LogP contribution in [0.25, 0.3) is 0 Å². The van der Waals surface area contributed by atoms with E-state index >= 15 is 0 Å². The van der Waals surface area contributed by atoms with Gasteiger partial charge in [0, 0.05) is 24.7 Å². The quantitative estimate of drug-likeness (QED) is 0.751. The summed E-state index contributed by atoms with van der Waals surface area (Å²) in [6.07, 6.45) is 0.239. The van der Waals surface area contributed by atoms with Crippen LogP contribution < -0.4 is 5.73 Å². The highest BCUT2D eigenvalue weighted by Crippen LogP contribution is 2.12. The average molecular weight is 211 g/mol. The summed E-state index contributed by atoms with van der Waals surface area (Å²) in [7, 11) is 1.49. The number of rotatable bonds is 5. The third-order valence-electron chi connectivity index (χ3n) is 2.05. The van der Waals surface area contributed by atoms with Gasteiger partial charge < -0.3 is 10.5 Å². The van der Waals surface area contributed by atoms with Crippen molar-refractivity contribution in [3.8, 4) is 0 Å². The maximum Gasteiger partial charge on any atom is 0.164 e. The standard InChI is InChI=1S/C11H14FNO2/c1-15-7-9-3-2-8(6-10(9)12)11(14)4-5-13/h2-3,6H,4-5,7,13H2,1H3. The Morgan fingerprint density at radius 1 is 1.53 bits per heavy atom. The van der Waals surface area contributed by atoms with Crippen LogP contribution in [0.4, 0.5) is 4.39 Å². The number of nitrogens with two attached hydrogens (primary N) is 1. The van der Waals surface area contributed by atoms with Gasteiger partial charge in [0.05, 0.1) is 6.61 Å². The predicted molar refractivity (Wildman–Crippen MR) is 55.1 cm³/mol. The molecule has 0 saturated carbocycles. The molecule has 0 aliphatic heterocycles. The van der Waals surface area contributed by atoms with Crippen molar-refractivity contribution in [2.75, 3.05) is 13.7 Å². The van der Waals surface area contributed by atoms with Gasteiger partial charge in [-0.1, -0.05) is 12.1 Å². The van der Waals surface area contributed by atoms with Crippen LogP contribution in [0.2, 0.25) is 0 Å². The number of benzene rings is 1. The summed E-state index contributed by atoms with van der Waals surface area (Å²) in [5.41, 5.74) is 6.05. The molecule has 1 rings (SSSR count). The SMILES string of the molecule is COCc1ccc(C(=O)CCN)cc1F. The average Bonchev–Trinajstić information content (AvgIpc) is 2.21. The van der Waals surface area contributed by atoms with Crippen LogP contribution in [-0.4, -0.2) is 19.4 Å². The number of hydrogen-bond acceptors (Lipinski definition) is 3. The van der Waals surface area contributed by atoms with Gasteiger partial charge in [0.2, 0.25) is 0 Å². The molecule has 0 aliphatic carbocycles. The van der Waals surface area contributed by atoms with E-state index in [9.17, 15) is 9.18 Å². The monoisotopic (exact) mass is 211 g/mol. The summed E-state index contributed by atoms with van der Waals surface area (Å²) in [5.74, 6) is -0.555. The number of carbonyl (C=O) groups is 1. The molecular formula is C11H14FNO2. The number of methoxy groups -OCH3 is 1. The minimum Gasteiger partial charge on any atom is -0.380 e. The van der Waals surface area contributed by atoms with Crippen molar-refractivity contribution in [1.29, 1.82) is 0 Å². The molecule has 0 fully saturated rings. The third-order valence-corrected chi connectivity index (χ3v) is 2.05. The van der Waals surface area contributed by atoms with E-state index < -0.39 is 5.82 Å². The zero-order valence-electron chi connectivity index (χ0n) is 8.63. The highest BCUT2D eigenvalue weighted by molar-refractivity contribution is 5.96. The first kappa shape index (κ1) is 11.8. The lowest BCUT2D eigenvalue weighted by Crippen LogP contribution is -2.08. The second-order valence-corrected chi connectivity index (χ2v) is 3.20. The fourth-order valence-electron chi connectivity index (χ4n) is 1.27. The molecule has 0 aliphatic rings. The maximum absolute atomic E-state index is 13.4. The van der Waals surface area contributed by atoms with Gasteiger partial charge in [-0.3, -0.25) is 4.79 Å². The van der Waals surface area contributed by atoms with E-state index in [1.165, 1.54) is 13.2 Å². The van der Waals surface area contributed by atoms with E-state index in [0.29, 0.717) is 11.1 Å². The number of carbonyl (C=O) groups excluding carboxylic acids is 1. The molecule has 15 heavy (non-hydrogen) atoms. The van der Waals surface area contributed by atoms with E-state index in [0.717, 1.165) is 0 Å². The molecule has 0 spiro atoms. The van der Waals surface area contributed by atoms with Gasteiger partial charge in [-0.05, 0) is 12.6 Å². The van der Waals surface area contributed by atoms with Crippen LogP contribution in [0.3, 0.4) is 0 Å². The highest BCUT2D eigenvalue weighted by atomic mass is 19.1. The second kappa shape index (κ2) is 5.58. The number of halogens is 1. The van der Waals surface area contributed by atoms with E-state index in [1.807, 2.05) is 0 Å². The smallest absolute Gasteiger partial charge is 0.164 e. The minimum atomic E-state index is -0.417. The van der Waals surface area contributed by atoms with Crippen molar-refractivity contribution in [1.82, 2.24) is 0 Å². The first-order valence-electron chi connectivity index (χ1n) is 4.69. The van der Waals surface area contributed by atoms with Gasteiger partial charge in [0.15, 0.2) is 5.78 Å². The molecule has 0 atom stereocenters. The summed E-state index contributed by atoms with van der Waals surface area (Å²) in [5, 5.41) is 0. The highest BCUT2D eigenvalue weighted by Gasteiger charge is 2.08. The number of Topliss-reactive ketones (excluding diaryl/α,β-unsaturated/α-hetero) is 1. The Morgan fingerprint density at radius 3 is 2.80 bits per heavy atom. The summed E-state index contributed by atoms with van der Waals surface area (Å²) in [6, 6.07) is 4.38. The topological polar surface area (TPSA) is 52.3 Å². The third kappa shape index (κ3) is 3.11. The maximum atomic E-state index is 13.4. The molecule has 0 unspecified atom stereocenters. The Hall–Kier alpha value is -1.26. The summed E-state index contributed by atoms with van der Waals surface area (Å²) in [6.45, 7) is 0.484. The lowest BCUT2D eigenvalue weighted by molar-refractivity contribution is 0.0985. The molecule has 3 nitrogen and oxygen atoms in total. The van der Waals surface area contributed by atoms with Crippen LogP contribution in [0.15, 0.2) is 18.2 Å². The number of ether oxygens (including phenoxy) is 1. The van der Waals surface area contributed by atoms with Crippen LogP contribution in [0.1, 0.15) is 22.3 Å². The molecule has 2 N–H and O–H groups in total. The molecule has 0 saturated heterocycles. The van der Waals surface area contributed by atoms with Crippen molar-refractivity contribution >= 4 is 5.78 Å². The number of ketones is 1. The summed E-state index contributed by atoms with van der Waals surface area (Å²) < 4.78 is 18.2. The molecule has 0 heterocycles. The van der Waals surface area contributed by atoms with Gasteiger partial charge in [-0.2, -0.15) is 0 Å². The van der Waals surface area contributed by atoms with Gasteiger partial charge in [0.1, 0.15) is 5.82 Å². The minimum absolute atomic E-state index is 0.139. The molecule has 0 aromatic heterocycles. The Bertz CT molecular complexity index is 352. The van der Waals surface area contributed by atoms with Crippen LogP contribution in [-0.2, 0) is 11.3 Å². The lowest BCUT2D eigenvalue weighted by atomic mass is 10.1. The van der Waals surface area contributed by atoms with E-state index in [4.69, 9.17) is 10.5 Å². The van der Waals surface area contributed by atoms with Crippen molar-refractivity contribution < 1.29 is 13.9 Å². The Morgan fingerprint density at radius 2 is 2.27 bits per heavy atom. The molecule has 4 heteroatoms. The largest absolute Gasteiger partial charge is 0.380 e. The zero-order valence-corrected chi connectivity index (χ0v) is 8.63. The fraction of sp³-hybridized carbons (Fsp3) is 0.364. The van der Waals surface area contributed by atoms with Gasteiger partial charge in [0.25, 0.3) is 0 Å². The summed E-state index contributed by atoms with van der Waals surface area (Å²) >= 11 is 0. The van der Waals surface area contributed by atoms with Crippen molar-refractivity contribution in [2.24, 2.45) is 5.73 Å². The molecule has 1 aromatic carbocycles. The van der Waals surface area contributed by atoms with Crippen molar-refractivity contribution in [2.45, 2.75) is 13.0 Å². The first-order valence-corrected chi connectivity index (χ1v) is 4.69. The summed E-state index contributed by atoms with van der Waals surface area (Å²) in [4.78, 5) is 11.4. The number of hydrogen-bond donors (Lipinski definition) is 1. The Labute approximate surface area is 88.0 Å².